The Morgan fingerprint density at radius 1 is 0.463 bits per heavy atom. The summed E-state index contributed by atoms with van der Waals surface area (Å²) >= 11 is 0. The molecule has 0 atom stereocenters. The van der Waals surface area contributed by atoms with Crippen molar-refractivity contribution in [1.29, 1.82) is 0 Å². The van der Waals surface area contributed by atoms with Gasteiger partial charge < -0.3 is 18.9 Å². The molecular formula is C42H46N2O10. The number of aldehydes is 2. The van der Waals surface area contributed by atoms with E-state index in [-0.39, 0.29) is 37.1 Å². The first-order valence-electron chi connectivity index (χ1n) is 18.5. The molecule has 1 aliphatic rings. The monoisotopic (exact) mass is 738 g/mol. The quantitative estimate of drug-likeness (QED) is 0.0544. The van der Waals surface area contributed by atoms with Crippen molar-refractivity contribution in [2.45, 2.75) is 79.1 Å². The third-order valence-corrected chi connectivity index (χ3v) is 9.00. The summed E-state index contributed by atoms with van der Waals surface area (Å²) in [5, 5.41) is 24.9. The van der Waals surface area contributed by atoms with Crippen LogP contribution >= 0.6 is 0 Å². The zero-order chi connectivity index (χ0) is 38.8. The van der Waals surface area contributed by atoms with Crippen LogP contribution in [0.25, 0.3) is 0 Å². The fourth-order valence-electron chi connectivity index (χ4n) is 6.81. The normalized spacial score (nSPS) is 12.1. The zero-order valence-corrected chi connectivity index (χ0v) is 31.2. The number of fused-ring (bicyclic) bond motifs is 8. The van der Waals surface area contributed by atoms with Gasteiger partial charge in [-0.25, -0.2) is 0 Å². The summed E-state index contributed by atoms with van der Waals surface area (Å²) in [6, 6.07) is 12.8. The Kier molecular flexibility index (Phi) is 13.4. The summed E-state index contributed by atoms with van der Waals surface area (Å²) in [6.45, 7) is 9.22. The Balaban J connectivity index is 1.94. The maximum Gasteiger partial charge on any atom is 0.270 e. The predicted molar refractivity (Wildman–Crippen MR) is 204 cm³/mol. The molecule has 1 aliphatic carbocycles. The molecule has 284 valence electrons. The van der Waals surface area contributed by atoms with Crippen LogP contribution in [0.2, 0.25) is 0 Å². The van der Waals surface area contributed by atoms with Crippen LogP contribution in [-0.2, 0) is 25.7 Å². The molecule has 0 spiro atoms. The molecule has 12 heteroatoms. The summed E-state index contributed by atoms with van der Waals surface area (Å²) in [4.78, 5) is 48.9. The van der Waals surface area contributed by atoms with Gasteiger partial charge in [-0.1, -0.05) is 27.7 Å². The molecular weight excluding hydrogens is 692 g/mol. The van der Waals surface area contributed by atoms with Crippen molar-refractivity contribution in [3.63, 3.8) is 0 Å². The lowest BCUT2D eigenvalue weighted by Gasteiger charge is -2.23. The fraction of sp³-hybridized carbons (Fsp3) is 0.381. The van der Waals surface area contributed by atoms with E-state index in [1.807, 2.05) is 27.7 Å². The number of rotatable bonds is 16. The van der Waals surface area contributed by atoms with Crippen molar-refractivity contribution in [1.82, 2.24) is 0 Å². The molecule has 0 amide bonds. The second-order valence-corrected chi connectivity index (χ2v) is 13.4. The van der Waals surface area contributed by atoms with Crippen LogP contribution in [0.5, 0.6) is 23.0 Å². The van der Waals surface area contributed by atoms with Crippen molar-refractivity contribution in [3.05, 3.63) is 124 Å². The van der Waals surface area contributed by atoms with Crippen molar-refractivity contribution in [3.8, 4) is 23.0 Å². The van der Waals surface area contributed by atoms with Crippen LogP contribution in [-0.4, -0.2) is 48.8 Å². The number of nitro groups is 2. The third-order valence-electron chi connectivity index (χ3n) is 9.00. The van der Waals surface area contributed by atoms with Crippen LogP contribution in [0, 0.1) is 20.2 Å². The van der Waals surface area contributed by atoms with Crippen LogP contribution in [0.3, 0.4) is 0 Å². The average Bonchev–Trinajstić information content (AvgIpc) is 3.15. The van der Waals surface area contributed by atoms with E-state index in [0.29, 0.717) is 131 Å². The molecule has 12 nitrogen and oxygen atoms in total. The highest BCUT2D eigenvalue weighted by molar-refractivity contribution is 5.78. The lowest BCUT2D eigenvalue weighted by molar-refractivity contribution is -0.385. The number of ether oxygens (including phenoxy) is 4. The van der Waals surface area contributed by atoms with Crippen LogP contribution in [0.4, 0.5) is 11.4 Å². The molecule has 0 radical (unpaired) electrons. The van der Waals surface area contributed by atoms with Crippen molar-refractivity contribution < 1.29 is 38.4 Å². The van der Waals surface area contributed by atoms with Gasteiger partial charge in [0.1, 0.15) is 35.6 Å². The molecule has 0 aliphatic heterocycles. The maximum absolute atomic E-state index is 12.4. The highest BCUT2D eigenvalue weighted by Gasteiger charge is 2.27. The summed E-state index contributed by atoms with van der Waals surface area (Å²) in [5.74, 6) is 1.89. The summed E-state index contributed by atoms with van der Waals surface area (Å²) in [5.41, 5.74) is 4.87. The van der Waals surface area contributed by atoms with Crippen LogP contribution in [0.1, 0.15) is 119 Å². The van der Waals surface area contributed by atoms with Gasteiger partial charge >= 0.3 is 0 Å². The lowest BCUT2D eigenvalue weighted by Crippen LogP contribution is -2.11. The molecule has 4 aromatic rings. The number of carbonyl (C=O) groups excluding carboxylic acids is 2. The Labute approximate surface area is 314 Å². The molecule has 54 heavy (non-hydrogen) atoms. The number of nitro benzene ring substituents is 2. The van der Waals surface area contributed by atoms with Crippen LogP contribution in [0.15, 0.2) is 48.5 Å². The highest BCUT2D eigenvalue weighted by Crippen LogP contribution is 2.42. The lowest BCUT2D eigenvalue weighted by atomic mass is 9.89. The van der Waals surface area contributed by atoms with Crippen molar-refractivity contribution in [2.75, 3.05) is 26.4 Å². The number of non-ortho nitro benzene ring substituents is 2. The molecule has 0 fully saturated rings. The molecule has 0 N–H and O–H groups in total. The number of carbonyl (C=O) groups is 2. The number of hydrogen-bond acceptors (Lipinski definition) is 10. The second kappa shape index (κ2) is 18.3. The minimum Gasteiger partial charge on any atom is -0.493 e. The van der Waals surface area contributed by atoms with E-state index >= 15 is 0 Å². The van der Waals surface area contributed by atoms with E-state index in [1.165, 1.54) is 24.3 Å². The Hall–Kier alpha value is -5.78. The van der Waals surface area contributed by atoms with Gasteiger partial charge in [-0.3, -0.25) is 29.8 Å². The van der Waals surface area contributed by atoms with Crippen molar-refractivity contribution in [2.24, 2.45) is 0 Å². The second-order valence-electron chi connectivity index (χ2n) is 13.4. The average molecular weight is 739 g/mol. The van der Waals surface area contributed by atoms with Gasteiger partial charge in [0.05, 0.1) is 36.3 Å². The van der Waals surface area contributed by atoms with Gasteiger partial charge in [-0.15, -0.1) is 0 Å². The molecule has 5 rings (SSSR count). The Morgan fingerprint density at radius 2 is 0.685 bits per heavy atom. The first-order chi connectivity index (χ1) is 26.1. The minimum atomic E-state index is -0.449. The molecule has 0 aromatic heterocycles. The highest BCUT2D eigenvalue weighted by atomic mass is 16.6. The molecule has 0 saturated heterocycles. The van der Waals surface area contributed by atoms with Gasteiger partial charge in [0.15, 0.2) is 0 Å². The standard InChI is InChI=1S/C42H46N2O10/c1-5-9-51-39-29-13-27(25-45)14-30(39)18-34-22-38(44(49)50)24-36(42(34)54-12-8-4)20-32-16-28(26-46)15-31(40(32)52-10-6-2)19-35-23-37(43(47)48)21-33(17-29)41(35)53-11-7-3/h13-16,21-26H,5-12,17-20H2,1-4H3. The topological polar surface area (TPSA) is 157 Å². The smallest absolute Gasteiger partial charge is 0.270 e. The van der Waals surface area contributed by atoms with E-state index in [1.54, 1.807) is 24.3 Å². The van der Waals surface area contributed by atoms with E-state index in [4.69, 9.17) is 18.9 Å². The summed E-state index contributed by atoms with van der Waals surface area (Å²) < 4.78 is 25.6. The maximum atomic E-state index is 12.4. The van der Waals surface area contributed by atoms with Gasteiger partial charge in [-0.05, 0) is 72.2 Å². The van der Waals surface area contributed by atoms with E-state index in [2.05, 4.69) is 0 Å². The fourth-order valence-corrected chi connectivity index (χ4v) is 6.81. The molecule has 0 unspecified atom stereocenters. The summed E-state index contributed by atoms with van der Waals surface area (Å²) in [6.07, 6.45) is 4.60. The Morgan fingerprint density at radius 3 is 0.870 bits per heavy atom. The van der Waals surface area contributed by atoms with Gasteiger partial charge in [0.25, 0.3) is 11.4 Å². The van der Waals surface area contributed by atoms with Crippen LogP contribution < -0.4 is 18.9 Å². The van der Waals surface area contributed by atoms with Gasteiger partial charge in [0, 0.05) is 83.3 Å². The minimum absolute atomic E-state index is 0.111. The third kappa shape index (κ3) is 9.05. The van der Waals surface area contributed by atoms with E-state index < -0.39 is 9.85 Å². The largest absolute Gasteiger partial charge is 0.493 e. The first-order valence-corrected chi connectivity index (χ1v) is 18.5. The summed E-state index contributed by atoms with van der Waals surface area (Å²) in [7, 11) is 0. The first kappa shape index (κ1) is 39.4. The SMILES string of the molecule is CCCOc1c2cc(C=O)cc1Cc1cc([N+](=O)[O-])cc(c1OCCC)Cc1cc(C=O)cc(c1OCCC)Cc1cc([N+](=O)[O-])cc(c1OCCC)C2. The van der Waals surface area contributed by atoms with Gasteiger partial charge in [0.2, 0.25) is 0 Å². The number of hydrogen-bond donors (Lipinski definition) is 0. The number of nitrogens with zero attached hydrogens (tertiary/aromatic N) is 2. The van der Waals surface area contributed by atoms with E-state index in [0.717, 1.165) is 12.6 Å². The van der Waals surface area contributed by atoms with E-state index in [9.17, 15) is 29.8 Å². The molecule has 0 heterocycles. The number of benzene rings is 4. The molecule has 4 aromatic carbocycles. The molecule has 0 saturated carbocycles. The zero-order valence-electron chi connectivity index (χ0n) is 31.2. The predicted octanol–water partition coefficient (Wildman–Crippen LogP) is 8.96. The van der Waals surface area contributed by atoms with Gasteiger partial charge in [-0.2, -0.15) is 0 Å². The van der Waals surface area contributed by atoms with Crippen molar-refractivity contribution >= 4 is 23.9 Å². The Bertz CT molecular complexity index is 1800. The molecule has 8 bridgehead atoms.